The van der Waals surface area contributed by atoms with Crippen LogP contribution in [-0.4, -0.2) is 0 Å². The summed E-state index contributed by atoms with van der Waals surface area (Å²) in [5, 5.41) is 0. The minimum Gasteiger partial charge on any atom is -0.0586 e. The molecule has 0 spiro atoms. The van der Waals surface area contributed by atoms with Crippen molar-refractivity contribution < 1.29 is 0 Å². The van der Waals surface area contributed by atoms with Crippen LogP contribution in [0.15, 0.2) is 46.2 Å². The number of aryl methyl sites for hydroxylation is 2. The van der Waals surface area contributed by atoms with Gasteiger partial charge in [0.2, 0.25) is 0 Å². The van der Waals surface area contributed by atoms with E-state index in [1.54, 1.807) is 0 Å². The second kappa shape index (κ2) is 3.86. The normalized spacial score (nSPS) is 13.1. The highest BCUT2D eigenvalue weighted by Crippen LogP contribution is 2.42. The molecular formula is C14H13S2+. The average molecular weight is 245 g/mol. The summed E-state index contributed by atoms with van der Waals surface area (Å²) in [5.41, 5.74) is 5.49. The van der Waals surface area contributed by atoms with Crippen molar-refractivity contribution in [3.8, 4) is 11.1 Å². The molecule has 2 aromatic rings. The van der Waals surface area contributed by atoms with Gasteiger partial charge in [-0.2, -0.15) is 0 Å². The highest BCUT2D eigenvalue weighted by molar-refractivity contribution is 8.66. The zero-order chi connectivity index (χ0) is 11.1. The smallest absolute Gasteiger partial charge is 0.0586 e. The van der Waals surface area contributed by atoms with Crippen molar-refractivity contribution in [1.29, 1.82) is 0 Å². The molecule has 1 heterocycles. The van der Waals surface area contributed by atoms with Crippen LogP contribution in [0.1, 0.15) is 11.1 Å². The predicted octanol–water partition coefficient (Wildman–Crippen LogP) is 4.16. The van der Waals surface area contributed by atoms with Crippen molar-refractivity contribution in [2.45, 2.75) is 23.6 Å². The first-order valence-corrected chi connectivity index (χ1v) is 7.65. The van der Waals surface area contributed by atoms with Gasteiger partial charge in [-0.05, 0) is 43.2 Å². The van der Waals surface area contributed by atoms with Crippen LogP contribution in [0.3, 0.4) is 0 Å². The van der Waals surface area contributed by atoms with Crippen LogP contribution in [0.25, 0.3) is 11.1 Å². The molecule has 0 nitrogen and oxygen atoms in total. The molecule has 0 aliphatic carbocycles. The largest absolute Gasteiger partial charge is 0.173 e. The van der Waals surface area contributed by atoms with Crippen LogP contribution >= 0.6 is 10.8 Å². The van der Waals surface area contributed by atoms with Crippen molar-refractivity contribution >= 4 is 21.6 Å². The third-order valence-electron chi connectivity index (χ3n) is 2.82. The molecule has 0 N–H and O–H groups in total. The lowest BCUT2D eigenvalue weighted by Gasteiger charge is -2.13. The number of thiol groups is 1. The zero-order valence-electron chi connectivity index (χ0n) is 9.32. The maximum Gasteiger partial charge on any atom is 0.173 e. The molecule has 0 aromatic heterocycles. The molecular weight excluding hydrogens is 232 g/mol. The second-order valence-electron chi connectivity index (χ2n) is 4.20. The Labute approximate surface area is 104 Å². The van der Waals surface area contributed by atoms with Gasteiger partial charge >= 0.3 is 0 Å². The number of benzene rings is 2. The molecule has 0 radical (unpaired) electrons. The Morgan fingerprint density at radius 2 is 1.56 bits per heavy atom. The fraction of sp³-hybridized carbons (Fsp3) is 0.143. The minimum atomic E-state index is 1.34. The number of rotatable bonds is 0. The summed E-state index contributed by atoms with van der Waals surface area (Å²) in [6.07, 6.45) is 0. The van der Waals surface area contributed by atoms with E-state index < -0.39 is 0 Å². The lowest BCUT2D eigenvalue weighted by Crippen LogP contribution is -1.95. The van der Waals surface area contributed by atoms with Crippen LogP contribution in [-0.2, 0) is 10.8 Å². The SMILES string of the molecule is Cc1ccc2c(c1)S[SH+]c1cc(C)ccc1-2. The van der Waals surface area contributed by atoms with Crippen LogP contribution in [0.2, 0.25) is 0 Å². The summed E-state index contributed by atoms with van der Waals surface area (Å²) in [7, 11) is 3.29. The van der Waals surface area contributed by atoms with Gasteiger partial charge in [-0.15, -0.1) is 0 Å². The van der Waals surface area contributed by atoms with Gasteiger partial charge in [-0.1, -0.05) is 18.2 Å². The molecule has 0 bridgehead atoms. The molecule has 0 atom stereocenters. The van der Waals surface area contributed by atoms with E-state index in [0.717, 1.165) is 0 Å². The van der Waals surface area contributed by atoms with E-state index in [0.29, 0.717) is 0 Å². The first-order valence-electron chi connectivity index (χ1n) is 5.34. The average Bonchev–Trinajstić information content (AvgIpc) is 2.28. The Morgan fingerprint density at radius 1 is 0.875 bits per heavy atom. The zero-order valence-corrected chi connectivity index (χ0v) is 11.0. The number of hydrogen-bond acceptors (Lipinski definition) is 1. The van der Waals surface area contributed by atoms with Crippen molar-refractivity contribution in [1.82, 2.24) is 0 Å². The van der Waals surface area contributed by atoms with Crippen LogP contribution in [0.5, 0.6) is 0 Å². The summed E-state index contributed by atoms with van der Waals surface area (Å²) >= 11 is 0. The topological polar surface area (TPSA) is 0 Å². The van der Waals surface area contributed by atoms with Crippen molar-refractivity contribution in [2.75, 3.05) is 0 Å². The third-order valence-corrected chi connectivity index (χ3v) is 5.47. The van der Waals surface area contributed by atoms with Crippen LogP contribution in [0.4, 0.5) is 0 Å². The molecule has 0 amide bonds. The molecule has 2 aromatic carbocycles. The van der Waals surface area contributed by atoms with Gasteiger partial charge in [0, 0.05) is 11.1 Å². The summed E-state index contributed by atoms with van der Waals surface area (Å²) < 4.78 is 0. The fourth-order valence-corrected chi connectivity index (χ4v) is 4.73. The molecule has 1 aliphatic rings. The Hall–Kier alpha value is -0.860. The Morgan fingerprint density at radius 3 is 2.38 bits per heavy atom. The summed E-state index contributed by atoms with van der Waals surface area (Å²) in [4.78, 5) is 2.86. The molecule has 0 saturated carbocycles. The van der Waals surface area contributed by atoms with Gasteiger partial charge in [0.05, 0.1) is 15.7 Å². The Balaban J connectivity index is 2.23. The van der Waals surface area contributed by atoms with Gasteiger partial charge in [0.25, 0.3) is 0 Å². The maximum atomic E-state index is 2.30. The molecule has 0 unspecified atom stereocenters. The Kier molecular flexibility index (Phi) is 2.49. The monoisotopic (exact) mass is 245 g/mol. The molecule has 80 valence electrons. The van der Waals surface area contributed by atoms with Gasteiger partial charge < -0.3 is 0 Å². The minimum absolute atomic E-state index is 1.34. The van der Waals surface area contributed by atoms with Gasteiger partial charge in [-0.25, -0.2) is 0 Å². The highest BCUT2D eigenvalue weighted by atomic mass is 33.1. The molecule has 16 heavy (non-hydrogen) atoms. The summed E-state index contributed by atoms with van der Waals surface area (Å²) in [6, 6.07) is 13.5. The van der Waals surface area contributed by atoms with Gasteiger partial charge in [-0.3, -0.25) is 0 Å². The quantitative estimate of drug-likeness (QED) is 0.381. The van der Waals surface area contributed by atoms with E-state index in [1.165, 1.54) is 42.8 Å². The predicted molar refractivity (Wildman–Crippen MR) is 74.2 cm³/mol. The maximum absolute atomic E-state index is 2.30. The van der Waals surface area contributed by atoms with E-state index in [2.05, 4.69) is 50.2 Å². The van der Waals surface area contributed by atoms with Crippen molar-refractivity contribution in [3.63, 3.8) is 0 Å². The van der Waals surface area contributed by atoms with E-state index in [4.69, 9.17) is 0 Å². The fourth-order valence-electron chi connectivity index (χ4n) is 1.97. The number of fused-ring (bicyclic) bond motifs is 3. The molecule has 1 aliphatic heterocycles. The second-order valence-corrected chi connectivity index (χ2v) is 6.59. The van der Waals surface area contributed by atoms with Gasteiger partial charge in [0.1, 0.15) is 10.8 Å². The standard InChI is InChI=1S/C14H12S2/c1-9-3-5-11-12-6-4-10(2)8-14(12)16-15-13(11)7-9/h3-8H,1-2H3/p+1. The molecule has 2 heteroatoms. The van der Waals surface area contributed by atoms with Crippen molar-refractivity contribution in [2.24, 2.45) is 0 Å². The highest BCUT2D eigenvalue weighted by Gasteiger charge is 2.23. The first kappa shape index (κ1) is 10.3. The van der Waals surface area contributed by atoms with Crippen LogP contribution in [0, 0.1) is 13.8 Å². The van der Waals surface area contributed by atoms with E-state index in [1.807, 2.05) is 10.8 Å². The van der Waals surface area contributed by atoms with Crippen LogP contribution < -0.4 is 0 Å². The first-order chi connectivity index (χ1) is 7.74. The summed E-state index contributed by atoms with van der Waals surface area (Å²) in [5.74, 6) is 0. The van der Waals surface area contributed by atoms with Crippen molar-refractivity contribution in [3.05, 3.63) is 47.5 Å². The van der Waals surface area contributed by atoms with E-state index in [-0.39, 0.29) is 0 Å². The lowest BCUT2D eigenvalue weighted by molar-refractivity contribution is 1.30. The van der Waals surface area contributed by atoms with Gasteiger partial charge in [0.15, 0.2) is 4.90 Å². The summed E-state index contributed by atoms with van der Waals surface area (Å²) in [6.45, 7) is 4.31. The third kappa shape index (κ3) is 1.66. The van der Waals surface area contributed by atoms with E-state index >= 15 is 0 Å². The molecule has 3 rings (SSSR count). The molecule has 0 fully saturated rings. The lowest BCUT2D eigenvalue weighted by atomic mass is 10.0. The van der Waals surface area contributed by atoms with E-state index in [9.17, 15) is 0 Å². The molecule has 0 saturated heterocycles. The number of hydrogen-bond donors (Lipinski definition) is 0. The Bertz CT molecular complexity index is 507.